The fourth-order valence-electron chi connectivity index (χ4n) is 2.87. The number of ether oxygens (including phenoxy) is 1. The van der Waals surface area contributed by atoms with Crippen molar-refractivity contribution in [3.8, 4) is 5.75 Å². The summed E-state index contributed by atoms with van der Waals surface area (Å²) in [6, 6.07) is 11.0. The van der Waals surface area contributed by atoms with Gasteiger partial charge >= 0.3 is 0 Å². The summed E-state index contributed by atoms with van der Waals surface area (Å²) in [5.41, 5.74) is 2.07. The summed E-state index contributed by atoms with van der Waals surface area (Å²) in [5, 5.41) is 0. The molecule has 6 heteroatoms. The molecule has 1 aromatic carbocycles. The first-order valence-corrected chi connectivity index (χ1v) is 9.89. The number of carbonyl (C=O) groups excluding carboxylic acids is 2. The normalized spacial score (nSPS) is 14.4. The van der Waals surface area contributed by atoms with E-state index in [1.54, 1.807) is 12.4 Å². The Bertz CT molecular complexity index is 861. The van der Waals surface area contributed by atoms with Crippen LogP contribution in [0.5, 0.6) is 5.75 Å². The molecule has 0 atom stereocenters. The number of rotatable bonds is 7. The number of carbonyl (C=O) groups is 2. The second-order valence-corrected chi connectivity index (χ2v) is 7.65. The molecule has 1 aliphatic heterocycles. The number of thioether (sulfide) groups is 1. The van der Waals surface area contributed by atoms with Crippen molar-refractivity contribution < 1.29 is 14.3 Å². The third kappa shape index (κ3) is 4.22. The zero-order chi connectivity index (χ0) is 19.4. The van der Waals surface area contributed by atoms with Gasteiger partial charge in [-0.2, -0.15) is 0 Å². The van der Waals surface area contributed by atoms with Gasteiger partial charge in [0, 0.05) is 12.4 Å². The van der Waals surface area contributed by atoms with E-state index in [4.69, 9.17) is 4.74 Å². The first kappa shape index (κ1) is 19.2. The molecule has 140 valence electrons. The molecule has 2 amide bonds. The Balaban J connectivity index is 1.91. The molecular weight excluding hydrogens is 360 g/mol. The third-order valence-electron chi connectivity index (χ3n) is 4.02. The lowest BCUT2D eigenvalue weighted by Gasteiger charge is -2.15. The summed E-state index contributed by atoms with van der Waals surface area (Å²) in [6.45, 7) is 6.13. The van der Waals surface area contributed by atoms with Gasteiger partial charge in [-0.05, 0) is 55.0 Å². The van der Waals surface area contributed by atoms with E-state index in [9.17, 15) is 9.59 Å². The van der Waals surface area contributed by atoms with Crippen molar-refractivity contribution in [3.05, 3.63) is 64.8 Å². The van der Waals surface area contributed by atoms with E-state index < -0.39 is 0 Å². The molecule has 0 unspecified atom stereocenters. The van der Waals surface area contributed by atoms with E-state index in [1.165, 1.54) is 16.7 Å². The Kier molecular flexibility index (Phi) is 5.96. The highest BCUT2D eigenvalue weighted by Gasteiger charge is 2.38. The number of benzene rings is 1. The predicted octanol–water partition coefficient (Wildman–Crippen LogP) is 3.90. The maximum Gasteiger partial charge on any atom is 0.268 e. The van der Waals surface area contributed by atoms with Crippen LogP contribution in [-0.4, -0.2) is 33.6 Å². The number of amides is 2. The van der Waals surface area contributed by atoms with Crippen molar-refractivity contribution >= 4 is 29.1 Å². The molecule has 5 nitrogen and oxygen atoms in total. The molecule has 0 saturated heterocycles. The summed E-state index contributed by atoms with van der Waals surface area (Å²) in [5.74, 6) is 0.964. The lowest BCUT2D eigenvalue weighted by atomic mass is 10.1. The molecule has 1 aliphatic rings. The highest BCUT2D eigenvalue weighted by atomic mass is 32.2. The van der Waals surface area contributed by atoms with Gasteiger partial charge in [0.05, 0.1) is 23.1 Å². The van der Waals surface area contributed by atoms with Crippen LogP contribution in [-0.2, 0) is 16.1 Å². The monoisotopic (exact) mass is 382 g/mol. The Morgan fingerprint density at radius 2 is 1.70 bits per heavy atom. The van der Waals surface area contributed by atoms with E-state index in [2.05, 4.69) is 4.98 Å². The van der Waals surface area contributed by atoms with Gasteiger partial charge in [0.25, 0.3) is 11.8 Å². The van der Waals surface area contributed by atoms with Crippen LogP contribution >= 0.6 is 11.8 Å². The van der Waals surface area contributed by atoms with Gasteiger partial charge in [-0.1, -0.05) is 19.1 Å². The summed E-state index contributed by atoms with van der Waals surface area (Å²) < 4.78 is 5.66. The van der Waals surface area contributed by atoms with Gasteiger partial charge < -0.3 is 4.74 Å². The summed E-state index contributed by atoms with van der Waals surface area (Å²) in [6.07, 6.45) is 3.39. The van der Waals surface area contributed by atoms with Crippen LogP contribution in [0.3, 0.4) is 0 Å². The number of hydrogen-bond donors (Lipinski definition) is 0. The van der Waals surface area contributed by atoms with Crippen LogP contribution in [0.1, 0.15) is 31.9 Å². The Hall–Kier alpha value is -2.60. The Morgan fingerprint density at radius 3 is 2.30 bits per heavy atom. The maximum atomic E-state index is 13.1. The van der Waals surface area contributed by atoms with E-state index in [-0.39, 0.29) is 24.5 Å². The highest BCUT2D eigenvalue weighted by molar-refractivity contribution is 8.04. The second kappa shape index (κ2) is 8.39. The fraction of sp³-hybridized carbons (Fsp3) is 0.286. The largest absolute Gasteiger partial charge is 0.491 e. The molecule has 2 heterocycles. The van der Waals surface area contributed by atoms with Crippen LogP contribution in [0.25, 0.3) is 5.57 Å². The summed E-state index contributed by atoms with van der Waals surface area (Å²) in [4.78, 5) is 31.7. The van der Waals surface area contributed by atoms with Gasteiger partial charge in [-0.25, -0.2) is 0 Å². The number of imide groups is 1. The standard InChI is InChI=1S/C21H22N2O3S/c1-4-27-19-18(16-5-7-17(8-6-16)26-14(2)3)20(24)23(21(19)25)13-15-9-11-22-12-10-15/h5-12,14H,4,13H2,1-3H3. The molecule has 27 heavy (non-hydrogen) atoms. The van der Waals surface area contributed by atoms with Crippen molar-refractivity contribution in [2.45, 2.75) is 33.4 Å². The van der Waals surface area contributed by atoms with Gasteiger partial charge in [-0.15, -0.1) is 11.8 Å². The maximum absolute atomic E-state index is 13.1. The Morgan fingerprint density at radius 1 is 1.04 bits per heavy atom. The van der Waals surface area contributed by atoms with Crippen LogP contribution in [0.4, 0.5) is 0 Å². The minimum atomic E-state index is -0.259. The number of hydrogen-bond acceptors (Lipinski definition) is 5. The lowest BCUT2D eigenvalue weighted by Crippen LogP contribution is -2.30. The minimum Gasteiger partial charge on any atom is -0.491 e. The summed E-state index contributed by atoms with van der Waals surface area (Å²) >= 11 is 1.41. The van der Waals surface area contributed by atoms with Crippen LogP contribution in [0.15, 0.2) is 53.7 Å². The third-order valence-corrected chi connectivity index (χ3v) is 4.98. The lowest BCUT2D eigenvalue weighted by molar-refractivity contribution is -0.137. The average molecular weight is 382 g/mol. The van der Waals surface area contributed by atoms with Crippen LogP contribution in [0.2, 0.25) is 0 Å². The molecule has 0 fully saturated rings. The molecule has 0 bridgehead atoms. The van der Waals surface area contributed by atoms with Crippen molar-refractivity contribution in [1.29, 1.82) is 0 Å². The summed E-state index contributed by atoms with van der Waals surface area (Å²) in [7, 11) is 0. The highest BCUT2D eigenvalue weighted by Crippen LogP contribution is 2.37. The zero-order valence-electron chi connectivity index (χ0n) is 15.6. The first-order valence-electron chi connectivity index (χ1n) is 8.90. The SMILES string of the molecule is CCSC1=C(c2ccc(OC(C)C)cc2)C(=O)N(Cc2ccncc2)C1=O. The molecule has 3 rings (SSSR count). The van der Waals surface area contributed by atoms with Crippen LogP contribution in [0, 0.1) is 0 Å². The molecule has 0 radical (unpaired) electrons. The van der Waals surface area contributed by atoms with Gasteiger partial charge in [0.15, 0.2) is 0 Å². The number of aromatic nitrogens is 1. The number of pyridine rings is 1. The van der Waals surface area contributed by atoms with E-state index in [0.717, 1.165) is 22.6 Å². The predicted molar refractivity (Wildman–Crippen MR) is 107 cm³/mol. The molecule has 0 spiro atoms. The molecule has 2 aromatic rings. The van der Waals surface area contributed by atoms with Crippen molar-refractivity contribution in [1.82, 2.24) is 9.88 Å². The van der Waals surface area contributed by atoms with Crippen molar-refractivity contribution in [2.24, 2.45) is 0 Å². The number of nitrogens with zero attached hydrogens (tertiary/aromatic N) is 2. The van der Waals surface area contributed by atoms with E-state index in [1.807, 2.05) is 57.2 Å². The zero-order valence-corrected chi connectivity index (χ0v) is 16.5. The molecule has 0 N–H and O–H groups in total. The van der Waals surface area contributed by atoms with E-state index >= 15 is 0 Å². The van der Waals surface area contributed by atoms with Crippen LogP contribution < -0.4 is 4.74 Å². The van der Waals surface area contributed by atoms with Gasteiger partial charge in [0.1, 0.15) is 5.75 Å². The molecule has 0 saturated carbocycles. The minimum absolute atomic E-state index is 0.0758. The van der Waals surface area contributed by atoms with Gasteiger partial charge in [-0.3, -0.25) is 19.5 Å². The fourth-order valence-corrected chi connectivity index (χ4v) is 3.75. The quantitative estimate of drug-likeness (QED) is 0.680. The first-order chi connectivity index (χ1) is 13.0. The topological polar surface area (TPSA) is 59.5 Å². The molecule has 0 aliphatic carbocycles. The van der Waals surface area contributed by atoms with Gasteiger partial charge in [0.2, 0.25) is 0 Å². The second-order valence-electron chi connectivity index (χ2n) is 6.38. The Labute approximate surface area is 163 Å². The van der Waals surface area contributed by atoms with E-state index in [0.29, 0.717) is 10.5 Å². The van der Waals surface area contributed by atoms with Crippen molar-refractivity contribution in [3.63, 3.8) is 0 Å². The average Bonchev–Trinajstić information content (AvgIpc) is 2.88. The smallest absolute Gasteiger partial charge is 0.268 e. The van der Waals surface area contributed by atoms with Crippen molar-refractivity contribution in [2.75, 3.05) is 5.75 Å². The molecule has 1 aromatic heterocycles. The molecular formula is C21H22N2O3S.